The monoisotopic (exact) mass is 586 g/mol. The van der Waals surface area contributed by atoms with E-state index in [1.54, 1.807) is 7.11 Å². The minimum absolute atomic E-state index is 0.0109. The first-order valence-electron chi connectivity index (χ1n) is 15.3. The van der Waals surface area contributed by atoms with Gasteiger partial charge in [-0.2, -0.15) is 0 Å². The topological polar surface area (TPSA) is 143 Å². The summed E-state index contributed by atoms with van der Waals surface area (Å²) in [5.41, 5.74) is 12.2. The molecule has 0 amide bonds. The summed E-state index contributed by atoms with van der Waals surface area (Å²) in [4.78, 5) is 4.70. The Morgan fingerprint density at radius 3 is 1.56 bits per heavy atom. The molecule has 0 bridgehead atoms. The molecule has 6 aliphatic heterocycles. The predicted octanol–water partition coefficient (Wildman–Crippen LogP) is 0.728. The standard InChI is InChI=1S/C15H28N2O4.C14H26N2O4/c1-14(2)20-12-11(18-4)10(19-13(12)21-14)9-17-7-5-15(3,16)6-8-17;1-13(2)19-11-10(17)9(18-12(11)20-13)8-16-6-4-14(3,15)5-7-16/h10-13H,5-9,16H2,1-4H3;9-12,17H,4-8,15H2,1-3H3/t10-,11+,12-,13-;9-,10+,11-,12-/m11/s1. The highest BCUT2D eigenvalue weighted by Crippen LogP contribution is 2.39. The molecule has 5 N–H and O–H groups in total. The quantitative estimate of drug-likeness (QED) is 0.418. The molecule has 0 unspecified atom stereocenters. The number of aliphatic hydroxyl groups excluding tert-OH is 1. The molecule has 6 heterocycles. The lowest BCUT2D eigenvalue weighted by molar-refractivity contribution is -0.218. The van der Waals surface area contributed by atoms with E-state index in [4.69, 9.17) is 44.6 Å². The van der Waals surface area contributed by atoms with Crippen molar-refractivity contribution in [3.05, 3.63) is 0 Å². The van der Waals surface area contributed by atoms with Gasteiger partial charge >= 0.3 is 0 Å². The Morgan fingerprint density at radius 2 is 1.10 bits per heavy atom. The van der Waals surface area contributed by atoms with Crippen LogP contribution in [-0.2, 0) is 33.2 Å². The molecule has 0 aliphatic carbocycles. The first-order valence-corrected chi connectivity index (χ1v) is 15.3. The van der Waals surface area contributed by atoms with Crippen molar-refractivity contribution in [2.24, 2.45) is 11.5 Å². The summed E-state index contributed by atoms with van der Waals surface area (Å²) in [6.45, 7) is 17.2. The molecule has 6 fully saturated rings. The molecular weight excluding hydrogens is 532 g/mol. The summed E-state index contributed by atoms with van der Waals surface area (Å²) in [6.07, 6.45) is 1.73. The van der Waals surface area contributed by atoms with E-state index in [9.17, 15) is 5.11 Å². The van der Waals surface area contributed by atoms with Gasteiger partial charge in [-0.05, 0) is 93.4 Å². The summed E-state index contributed by atoms with van der Waals surface area (Å²) >= 11 is 0. The second kappa shape index (κ2) is 11.8. The van der Waals surface area contributed by atoms with Gasteiger partial charge < -0.3 is 59.5 Å². The van der Waals surface area contributed by atoms with Gasteiger partial charge in [0.2, 0.25) is 0 Å². The highest BCUT2D eigenvalue weighted by molar-refractivity contribution is 4.97. The van der Waals surface area contributed by atoms with Crippen LogP contribution >= 0.6 is 0 Å². The molecular formula is C29H54N4O8. The molecule has 0 aromatic heterocycles. The van der Waals surface area contributed by atoms with Crippen molar-refractivity contribution in [2.45, 2.75) is 139 Å². The number of ether oxygens (including phenoxy) is 7. The largest absolute Gasteiger partial charge is 0.387 e. The van der Waals surface area contributed by atoms with Crippen molar-refractivity contribution in [1.82, 2.24) is 9.80 Å². The van der Waals surface area contributed by atoms with Crippen LogP contribution in [0.15, 0.2) is 0 Å². The van der Waals surface area contributed by atoms with Crippen LogP contribution < -0.4 is 11.5 Å². The zero-order valence-electron chi connectivity index (χ0n) is 26.0. The Labute approximate surface area is 245 Å². The minimum atomic E-state index is -0.673. The molecule has 41 heavy (non-hydrogen) atoms. The van der Waals surface area contributed by atoms with E-state index in [0.29, 0.717) is 6.54 Å². The Morgan fingerprint density at radius 1 is 0.683 bits per heavy atom. The van der Waals surface area contributed by atoms with Gasteiger partial charge in [0, 0.05) is 31.3 Å². The van der Waals surface area contributed by atoms with Gasteiger partial charge in [-0.25, -0.2) is 0 Å². The number of fused-ring (bicyclic) bond motifs is 2. The van der Waals surface area contributed by atoms with Crippen LogP contribution in [0, 0.1) is 0 Å². The van der Waals surface area contributed by atoms with Gasteiger partial charge in [-0.3, -0.25) is 0 Å². The van der Waals surface area contributed by atoms with Crippen LogP contribution in [0.2, 0.25) is 0 Å². The van der Waals surface area contributed by atoms with E-state index < -0.39 is 24.0 Å². The third kappa shape index (κ3) is 7.61. The molecule has 238 valence electrons. The van der Waals surface area contributed by atoms with E-state index in [1.165, 1.54) is 0 Å². The lowest BCUT2D eigenvalue weighted by atomic mass is 9.91. The van der Waals surface area contributed by atoms with Crippen LogP contribution in [-0.4, -0.2) is 133 Å². The summed E-state index contributed by atoms with van der Waals surface area (Å²) in [5, 5.41) is 10.3. The first kappa shape index (κ1) is 31.9. The van der Waals surface area contributed by atoms with Crippen LogP contribution in [0.3, 0.4) is 0 Å². The van der Waals surface area contributed by atoms with Crippen molar-refractivity contribution in [1.29, 1.82) is 0 Å². The van der Waals surface area contributed by atoms with E-state index in [0.717, 1.165) is 58.4 Å². The Kier molecular flexibility index (Phi) is 9.18. The fourth-order valence-electron chi connectivity index (χ4n) is 6.69. The Bertz CT molecular complexity index is 884. The molecule has 6 rings (SSSR count). The molecule has 0 spiro atoms. The van der Waals surface area contributed by atoms with Crippen molar-refractivity contribution >= 4 is 0 Å². The maximum absolute atomic E-state index is 10.3. The van der Waals surface area contributed by atoms with Crippen LogP contribution in [0.5, 0.6) is 0 Å². The van der Waals surface area contributed by atoms with Crippen molar-refractivity contribution in [3.63, 3.8) is 0 Å². The lowest BCUT2D eigenvalue weighted by Crippen LogP contribution is -2.51. The summed E-state index contributed by atoms with van der Waals surface area (Å²) in [6, 6.07) is 0. The van der Waals surface area contributed by atoms with Crippen LogP contribution in [0.25, 0.3) is 0 Å². The highest BCUT2D eigenvalue weighted by Gasteiger charge is 2.56. The smallest absolute Gasteiger partial charge is 0.190 e. The van der Waals surface area contributed by atoms with Crippen molar-refractivity contribution in [2.75, 3.05) is 46.4 Å². The number of methoxy groups -OCH3 is 1. The minimum Gasteiger partial charge on any atom is -0.387 e. The average Bonchev–Trinajstić information content (AvgIpc) is 3.53. The Balaban J connectivity index is 0.000000165. The summed E-state index contributed by atoms with van der Waals surface area (Å²) in [7, 11) is 1.71. The van der Waals surface area contributed by atoms with Gasteiger partial charge in [0.15, 0.2) is 24.2 Å². The molecule has 12 heteroatoms. The Hall–Kier alpha value is -0.480. The fraction of sp³-hybridized carbons (Fsp3) is 1.00. The maximum atomic E-state index is 10.3. The van der Waals surface area contributed by atoms with Gasteiger partial charge in [0.05, 0.1) is 0 Å². The van der Waals surface area contributed by atoms with Crippen LogP contribution in [0.1, 0.15) is 67.2 Å². The van der Waals surface area contributed by atoms with Crippen molar-refractivity contribution < 1.29 is 38.3 Å². The molecule has 0 radical (unpaired) electrons. The normalized spacial score (nSPS) is 42.9. The summed E-state index contributed by atoms with van der Waals surface area (Å²) in [5.74, 6) is -1.27. The third-order valence-corrected chi connectivity index (χ3v) is 9.35. The molecule has 0 saturated carbocycles. The fourth-order valence-corrected chi connectivity index (χ4v) is 6.69. The third-order valence-electron chi connectivity index (χ3n) is 9.35. The number of piperidine rings is 2. The number of nitrogens with two attached hydrogens (primary N) is 2. The number of likely N-dealkylation sites (tertiary alicyclic amines) is 2. The summed E-state index contributed by atoms with van der Waals surface area (Å²) < 4.78 is 40.6. The molecule has 12 nitrogen and oxygen atoms in total. The van der Waals surface area contributed by atoms with E-state index >= 15 is 0 Å². The zero-order valence-corrected chi connectivity index (χ0v) is 26.0. The number of hydrogen-bond donors (Lipinski definition) is 3. The highest BCUT2D eigenvalue weighted by atomic mass is 16.8. The van der Waals surface area contributed by atoms with E-state index in [2.05, 4.69) is 23.6 Å². The van der Waals surface area contributed by atoms with Gasteiger partial charge in [-0.1, -0.05) is 0 Å². The molecule has 0 aromatic carbocycles. The first-order chi connectivity index (χ1) is 19.1. The molecule has 6 aliphatic rings. The SMILES string of the molecule is CC1(N)CCN(C[C@H]2O[C@@H]3OC(C)(C)O[C@@H]3[C@H]2O)CC1.CO[C@@H]1[C@H]2OC(C)(C)O[C@H]2O[C@@H]1CN1CCC(C)(N)CC1. The predicted molar refractivity (Wildman–Crippen MR) is 151 cm³/mol. The molecule has 6 saturated heterocycles. The maximum Gasteiger partial charge on any atom is 0.190 e. The number of aliphatic hydroxyl groups is 1. The zero-order chi connectivity index (χ0) is 29.8. The second-order valence-electron chi connectivity index (χ2n) is 14.4. The number of nitrogens with zero attached hydrogens (tertiary/aromatic N) is 2. The van der Waals surface area contributed by atoms with E-state index in [1.807, 2.05) is 27.7 Å². The number of hydrogen-bond acceptors (Lipinski definition) is 12. The van der Waals surface area contributed by atoms with Crippen molar-refractivity contribution in [3.8, 4) is 0 Å². The van der Waals surface area contributed by atoms with Gasteiger partial charge in [-0.15, -0.1) is 0 Å². The molecule has 8 atom stereocenters. The van der Waals surface area contributed by atoms with Gasteiger partial charge in [0.25, 0.3) is 0 Å². The van der Waals surface area contributed by atoms with Gasteiger partial charge in [0.1, 0.15) is 36.6 Å². The van der Waals surface area contributed by atoms with Crippen LogP contribution in [0.4, 0.5) is 0 Å². The second-order valence-corrected chi connectivity index (χ2v) is 14.4. The lowest BCUT2D eigenvalue weighted by Gasteiger charge is -2.38. The average molecular weight is 587 g/mol. The molecule has 0 aromatic rings. The number of rotatable bonds is 5. The van der Waals surface area contributed by atoms with E-state index in [-0.39, 0.29) is 47.9 Å².